The number of hydrogen-bond donors (Lipinski definition) is 1. The second kappa shape index (κ2) is 3.96. The van der Waals surface area contributed by atoms with Crippen LogP contribution >= 0.6 is 27.7 Å². The van der Waals surface area contributed by atoms with Gasteiger partial charge in [-0.15, -0.1) is 11.8 Å². The summed E-state index contributed by atoms with van der Waals surface area (Å²) in [5, 5.41) is 0.408. The van der Waals surface area contributed by atoms with Crippen molar-refractivity contribution in [2.75, 3.05) is 11.5 Å². The minimum Gasteiger partial charge on any atom is -0.437 e. The van der Waals surface area contributed by atoms with E-state index in [1.54, 1.807) is 0 Å². The van der Waals surface area contributed by atoms with Gasteiger partial charge in [0.15, 0.2) is 5.58 Å². The number of oxazole rings is 1. The summed E-state index contributed by atoms with van der Waals surface area (Å²) in [5.74, 6) is 2.02. The molecule has 5 heteroatoms. The van der Waals surface area contributed by atoms with Crippen molar-refractivity contribution >= 4 is 44.5 Å². The molecule has 1 saturated heterocycles. The number of anilines is 1. The largest absolute Gasteiger partial charge is 0.437 e. The Morgan fingerprint density at radius 1 is 1.50 bits per heavy atom. The number of fused-ring (bicyclic) bond motifs is 1. The molecule has 3 nitrogen and oxygen atoms in total. The Morgan fingerprint density at radius 2 is 2.38 bits per heavy atom. The lowest BCUT2D eigenvalue weighted by atomic mass is 10.2. The SMILES string of the molecule is Nc1cc(Br)cc2nc(C3CCCS3)oc12. The van der Waals surface area contributed by atoms with Crippen molar-refractivity contribution in [3.63, 3.8) is 0 Å². The van der Waals surface area contributed by atoms with Crippen LogP contribution in [0.3, 0.4) is 0 Å². The average molecular weight is 299 g/mol. The molecule has 3 rings (SSSR count). The van der Waals surface area contributed by atoms with E-state index in [1.165, 1.54) is 12.2 Å². The highest BCUT2D eigenvalue weighted by molar-refractivity contribution is 9.10. The molecule has 0 amide bonds. The molecule has 84 valence electrons. The van der Waals surface area contributed by atoms with Gasteiger partial charge in [-0.05, 0) is 30.7 Å². The Kier molecular flexibility index (Phi) is 2.59. The third-order valence-electron chi connectivity index (χ3n) is 2.71. The zero-order chi connectivity index (χ0) is 11.1. The highest BCUT2D eigenvalue weighted by Gasteiger charge is 2.23. The van der Waals surface area contributed by atoms with Gasteiger partial charge in [0.2, 0.25) is 5.89 Å². The Hall–Kier alpha value is -0.680. The first-order chi connectivity index (χ1) is 7.74. The summed E-state index contributed by atoms with van der Waals surface area (Å²) in [7, 11) is 0. The maximum Gasteiger partial charge on any atom is 0.208 e. The molecule has 0 aliphatic carbocycles. The molecule has 16 heavy (non-hydrogen) atoms. The van der Waals surface area contributed by atoms with Gasteiger partial charge in [0.05, 0.1) is 10.9 Å². The van der Waals surface area contributed by atoms with Crippen LogP contribution in [-0.2, 0) is 0 Å². The molecular formula is C11H11BrN2OS. The van der Waals surface area contributed by atoms with Gasteiger partial charge in [0, 0.05) is 4.47 Å². The van der Waals surface area contributed by atoms with Crippen molar-refractivity contribution < 1.29 is 4.42 Å². The molecular weight excluding hydrogens is 288 g/mol. The number of benzene rings is 1. The standard InChI is InChI=1S/C11H11BrN2OS/c12-6-4-7(13)10-8(5-6)14-11(15-10)9-2-1-3-16-9/h4-5,9H,1-3,13H2. The topological polar surface area (TPSA) is 52.0 Å². The molecule has 1 unspecified atom stereocenters. The van der Waals surface area contributed by atoms with Crippen LogP contribution in [0.15, 0.2) is 21.0 Å². The zero-order valence-electron chi connectivity index (χ0n) is 8.57. The fourth-order valence-corrected chi connectivity index (χ4v) is 3.61. The van der Waals surface area contributed by atoms with Crippen LogP contribution in [0.25, 0.3) is 11.1 Å². The maximum atomic E-state index is 5.90. The second-order valence-electron chi connectivity index (χ2n) is 3.90. The normalized spacial score (nSPS) is 20.7. The Labute approximate surface area is 106 Å². The lowest BCUT2D eigenvalue weighted by molar-refractivity contribution is 0.519. The lowest BCUT2D eigenvalue weighted by Gasteiger charge is -2.00. The Balaban J connectivity index is 2.11. The summed E-state index contributed by atoms with van der Waals surface area (Å²) in [4.78, 5) is 4.52. The summed E-state index contributed by atoms with van der Waals surface area (Å²) >= 11 is 5.32. The Bertz CT molecular complexity index is 534. The van der Waals surface area contributed by atoms with E-state index in [4.69, 9.17) is 10.2 Å². The van der Waals surface area contributed by atoms with Crippen LogP contribution in [-0.4, -0.2) is 10.7 Å². The number of halogens is 1. The van der Waals surface area contributed by atoms with E-state index in [2.05, 4.69) is 20.9 Å². The smallest absolute Gasteiger partial charge is 0.208 e. The summed E-state index contributed by atoms with van der Waals surface area (Å²) in [6, 6.07) is 3.79. The van der Waals surface area contributed by atoms with Gasteiger partial charge in [-0.1, -0.05) is 15.9 Å². The molecule has 1 aliphatic rings. The first-order valence-corrected chi connectivity index (χ1v) is 7.05. The second-order valence-corrected chi connectivity index (χ2v) is 6.12. The fraction of sp³-hybridized carbons (Fsp3) is 0.364. The van der Waals surface area contributed by atoms with Crippen LogP contribution in [0.2, 0.25) is 0 Å². The van der Waals surface area contributed by atoms with Crippen molar-refractivity contribution in [3.8, 4) is 0 Å². The summed E-state index contributed by atoms with van der Waals surface area (Å²) < 4.78 is 6.70. The molecule has 2 heterocycles. The number of nitrogens with zero attached hydrogens (tertiary/aromatic N) is 1. The fourth-order valence-electron chi connectivity index (χ4n) is 1.95. The van der Waals surface area contributed by atoms with E-state index in [1.807, 2.05) is 23.9 Å². The monoisotopic (exact) mass is 298 g/mol. The molecule has 1 fully saturated rings. The number of rotatable bonds is 1. The predicted octanol–water partition coefficient (Wildman–Crippen LogP) is 3.74. The van der Waals surface area contributed by atoms with Gasteiger partial charge in [0.1, 0.15) is 5.52 Å². The van der Waals surface area contributed by atoms with Crippen LogP contribution < -0.4 is 5.73 Å². The minimum atomic E-state index is 0.408. The molecule has 0 saturated carbocycles. The third-order valence-corrected chi connectivity index (χ3v) is 4.53. The van der Waals surface area contributed by atoms with E-state index in [0.717, 1.165) is 22.3 Å². The van der Waals surface area contributed by atoms with E-state index in [-0.39, 0.29) is 0 Å². The summed E-state index contributed by atoms with van der Waals surface area (Å²) in [5.41, 5.74) is 8.10. The zero-order valence-corrected chi connectivity index (χ0v) is 11.0. The van der Waals surface area contributed by atoms with E-state index in [9.17, 15) is 0 Å². The van der Waals surface area contributed by atoms with Crippen LogP contribution in [0.4, 0.5) is 5.69 Å². The number of aromatic nitrogens is 1. The molecule has 0 bridgehead atoms. The lowest BCUT2D eigenvalue weighted by Crippen LogP contribution is -1.86. The van der Waals surface area contributed by atoms with Crippen LogP contribution in [0.5, 0.6) is 0 Å². The highest BCUT2D eigenvalue weighted by atomic mass is 79.9. The van der Waals surface area contributed by atoms with Crippen molar-refractivity contribution in [1.82, 2.24) is 4.98 Å². The number of thioether (sulfide) groups is 1. The molecule has 1 atom stereocenters. The third kappa shape index (κ3) is 1.72. The number of nitrogen functional groups attached to an aromatic ring is 1. The Morgan fingerprint density at radius 3 is 3.12 bits per heavy atom. The van der Waals surface area contributed by atoms with Gasteiger partial charge < -0.3 is 10.2 Å². The highest BCUT2D eigenvalue weighted by Crippen LogP contribution is 2.41. The van der Waals surface area contributed by atoms with Crippen molar-refractivity contribution in [2.24, 2.45) is 0 Å². The quantitative estimate of drug-likeness (QED) is 0.815. The van der Waals surface area contributed by atoms with Gasteiger partial charge in [-0.3, -0.25) is 0 Å². The predicted molar refractivity (Wildman–Crippen MR) is 70.6 cm³/mol. The molecule has 1 aromatic heterocycles. The van der Waals surface area contributed by atoms with E-state index >= 15 is 0 Å². The summed E-state index contributed by atoms with van der Waals surface area (Å²) in [6.45, 7) is 0. The molecule has 2 N–H and O–H groups in total. The molecule has 0 spiro atoms. The van der Waals surface area contributed by atoms with E-state index < -0.39 is 0 Å². The molecule has 1 aliphatic heterocycles. The van der Waals surface area contributed by atoms with Crippen molar-refractivity contribution in [2.45, 2.75) is 18.1 Å². The first-order valence-electron chi connectivity index (χ1n) is 5.21. The van der Waals surface area contributed by atoms with Crippen LogP contribution in [0, 0.1) is 0 Å². The van der Waals surface area contributed by atoms with Crippen molar-refractivity contribution in [1.29, 1.82) is 0 Å². The average Bonchev–Trinajstić information content (AvgIpc) is 2.82. The minimum absolute atomic E-state index is 0.408. The number of nitrogens with two attached hydrogens (primary N) is 1. The van der Waals surface area contributed by atoms with E-state index in [0.29, 0.717) is 16.5 Å². The van der Waals surface area contributed by atoms with Gasteiger partial charge in [0.25, 0.3) is 0 Å². The number of hydrogen-bond acceptors (Lipinski definition) is 4. The van der Waals surface area contributed by atoms with Gasteiger partial charge >= 0.3 is 0 Å². The molecule has 0 radical (unpaired) electrons. The van der Waals surface area contributed by atoms with Gasteiger partial charge in [-0.2, -0.15) is 0 Å². The maximum absolute atomic E-state index is 5.90. The van der Waals surface area contributed by atoms with Gasteiger partial charge in [-0.25, -0.2) is 4.98 Å². The first kappa shape index (κ1) is 10.5. The molecule has 2 aromatic rings. The summed E-state index contributed by atoms with van der Waals surface area (Å²) in [6.07, 6.45) is 2.39. The molecule has 1 aromatic carbocycles. The van der Waals surface area contributed by atoms with Crippen LogP contribution in [0.1, 0.15) is 24.0 Å². The van der Waals surface area contributed by atoms with Crippen molar-refractivity contribution in [3.05, 3.63) is 22.5 Å².